The summed E-state index contributed by atoms with van der Waals surface area (Å²) in [6, 6.07) is 13.0. The van der Waals surface area contributed by atoms with Crippen molar-refractivity contribution in [3.63, 3.8) is 0 Å². The summed E-state index contributed by atoms with van der Waals surface area (Å²) < 4.78 is 9.87. The smallest absolute Gasteiger partial charge is 0.335 e. The van der Waals surface area contributed by atoms with E-state index in [1.807, 2.05) is 0 Å². The maximum absolute atomic E-state index is 12.7. The molecule has 1 fully saturated rings. The molecule has 0 spiro atoms. The van der Waals surface area contributed by atoms with E-state index in [9.17, 15) is 29.7 Å². The Morgan fingerprint density at radius 1 is 0.935 bits per heavy atom. The first-order chi connectivity index (χ1) is 14.7. The van der Waals surface area contributed by atoms with Crippen LogP contribution in [0.15, 0.2) is 48.5 Å². The summed E-state index contributed by atoms with van der Waals surface area (Å²) in [7, 11) is 0. The van der Waals surface area contributed by atoms with Gasteiger partial charge in [-0.25, -0.2) is 4.79 Å². The molecule has 1 saturated heterocycles. The molecule has 1 aliphatic heterocycles. The molecule has 31 heavy (non-hydrogen) atoms. The molecule has 6 N–H and O–H groups in total. The van der Waals surface area contributed by atoms with Crippen LogP contribution in [0.2, 0.25) is 0 Å². The number of hydrogen-bond donors (Lipinski definition) is 5. The minimum absolute atomic E-state index is 0.0669. The predicted octanol–water partition coefficient (Wildman–Crippen LogP) is -0.522. The molecule has 0 radical (unpaired) electrons. The lowest BCUT2D eigenvalue weighted by Gasteiger charge is -2.37. The standard InChI is InChI=1S/C21H21NO9/c22-14-11(7-4-8-12(14)15(24)10-5-2-1-3-6-10)9-13(23)30-21-18(27)16(25)17(26)19(31-21)20(28)29/h1-8,16-19,21,25-27H,9,22H2,(H,28,29)/t16?,17-,18?,19?,21-/m1/s1. The van der Waals surface area contributed by atoms with Crippen LogP contribution in [0.4, 0.5) is 5.69 Å². The fraction of sp³-hybridized carbons (Fsp3) is 0.286. The monoisotopic (exact) mass is 431 g/mol. The largest absolute Gasteiger partial charge is 0.479 e. The molecule has 2 aromatic carbocycles. The third-order valence-corrected chi connectivity index (χ3v) is 4.87. The van der Waals surface area contributed by atoms with Crippen molar-refractivity contribution in [2.75, 3.05) is 5.73 Å². The first kappa shape index (κ1) is 22.4. The summed E-state index contributed by atoms with van der Waals surface area (Å²) in [6.45, 7) is 0. The zero-order valence-corrected chi connectivity index (χ0v) is 16.1. The molecular weight excluding hydrogens is 410 g/mol. The second-order valence-corrected chi connectivity index (χ2v) is 6.98. The number of carboxylic acid groups (broad SMARTS) is 1. The molecule has 0 bridgehead atoms. The average molecular weight is 431 g/mol. The summed E-state index contributed by atoms with van der Waals surface area (Å²) >= 11 is 0. The molecule has 3 rings (SSSR count). The number of aliphatic carboxylic acids is 1. The average Bonchev–Trinajstić information content (AvgIpc) is 2.75. The van der Waals surface area contributed by atoms with Crippen molar-refractivity contribution < 1.29 is 44.3 Å². The Morgan fingerprint density at radius 2 is 1.61 bits per heavy atom. The van der Waals surface area contributed by atoms with E-state index in [2.05, 4.69) is 0 Å². The van der Waals surface area contributed by atoms with E-state index in [-0.39, 0.29) is 22.6 Å². The second-order valence-electron chi connectivity index (χ2n) is 6.98. The lowest BCUT2D eigenvalue weighted by molar-refractivity contribution is -0.286. The van der Waals surface area contributed by atoms with Crippen molar-refractivity contribution in [3.8, 4) is 0 Å². The second kappa shape index (κ2) is 9.23. The Kier molecular flexibility index (Phi) is 6.66. The molecule has 1 heterocycles. The quantitative estimate of drug-likeness (QED) is 0.227. The highest BCUT2D eigenvalue weighted by Gasteiger charge is 2.48. The third-order valence-electron chi connectivity index (χ3n) is 4.87. The van der Waals surface area contributed by atoms with Crippen LogP contribution >= 0.6 is 0 Å². The Balaban J connectivity index is 1.74. The summed E-state index contributed by atoms with van der Waals surface area (Å²) in [5.74, 6) is -2.88. The molecule has 10 heteroatoms. The number of ketones is 1. The van der Waals surface area contributed by atoms with Crippen LogP contribution in [0.1, 0.15) is 21.5 Å². The fourth-order valence-electron chi connectivity index (χ4n) is 3.19. The Bertz CT molecular complexity index is 978. The molecule has 3 unspecified atom stereocenters. The number of carbonyl (C=O) groups is 3. The number of carbonyl (C=O) groups excluding carboxylic acids is 2. The number of hydrogen-bond acceptors (Lipinski definition) is 9. The fourth-order valence-corrected chi connectivity index (χ4v) is 3.19. The van der Waals surface area contributed by atoms with E-state index >= 15 is 0 Å². The molecule has 0 aliphatic carbocycles. The Hall–Kier alpha value is -3.31. The highest BCUT2D eigenvalue weighted by Crippen LogP contribution is 2.25. The Labute approximate surface area is 176 Å². The van der Waals surface area contributed by atoms with E-state index in [1.54, 1.807) is 36.4 Å². The van der Waals surface area contributed by atoms with Crippen LogP contribution in [0, 0.1) is 0 Å². The minimum atomic E-state index is -1.90. The number of aliphatic hydroxyl groups excluding tert-OH is 3. The maximum Gasteiger partial charge on any atom is 0.335 e. The lowest BCUT2D eigenvalue weighted by atomic mass is 9.97. The highest BCUT2D eigenvalue weighted by molar-refractivity contribution is 6.12. The SMILES string of the molecule is Nc1c(CC(=O)O[C@@H]2OC(C(=O)O)[C@H](O)C(O)C2O)cccc1C(=O)c1ccccc1. The molecule has 2 aromatic rings. The van der Waals surface area contributed by atoms with E-state index in [0.29, 0.717) is 5.56 Å². The van der Waals surface area contributed by atoms with Crippen LogP contribution in [-0.2, 0) is 25.5 Å². The normalized spacial score (nSPS) is 25.6. The van der Waals surface area contributed by atoms with Gasteiger partial charge in [-0.15, -0.1) is 0 Å². The third kappa shape index (κ3) is 4.72. The van der Waals surface area contributed by atoms with Gasteiger partial charge in [0.25, 0.3) is 0 Å². The molecule has 10 nitrogen and oxygen atoms in total. The number of esters is 1. The van der Waals surface area contributed by atoms with Crippen LogP contribution in [0.25, 0.3) is 0 Å². The molecule has 5 atom stereocenters. The van der Waals surface area contributed by atoms with Gasteiger partial charge in [-0.1, -0.05) is 42.5 Å². The van der Waals surface area contributed by atoms with Crippen LogP contribution in [0.5, 0.6) is 0 Å². The van der Waals surface area contributed by atoms with Gasteiger partial charge >= 0.3 is 11.9 Å². The molecule has 1 aliphatic rings. The number of para-hydroxylation sites is 1. The minimum Gasteiger partial charge on any atom is -0.479 e. The number of ether oxygens (including phenoxy) is 2. The number of nitrogen functional groups attached to an aromatic ring is 1. The molecular formula is C21H21NO9. The lowest BCUT2D eigenvalue weighted by Crippen LogP contribution is -2.60. The number of nitrogens with two attached hydrogens (primary N) is 1. The van der Waals surface area contributed by atoms with Crippen molar-refractivity contribution in [1.29, 1.82) is 0 Å². The van der Waals surface area contributed by atoms with Crippen molar-refractivity contribution in [1.82, 2.24) is 0 Å². The first-order valence-electron chi connectivity index (χ1n) is 9.29. The summed E-state index contributed by atoms with van der Waals surface area (Å²) in [5.41, 5.74) is 7.02. The van der Waals surface area contributed by atoms with Crippen molar-refractivity contribution >= 4 is 23.4 Å². The molecule has 0 amide bonds. The van der Waals surface area contributed by atoms with Crippen molar-refractivity contribution in [3.05, 3.63) is 65.2 Å². The van der Waals surface area contributed by atoms with E-state index < -0.39 is 49.1 Å². The van der Waals surface area contributed by atoms with Crippen molar-refractivity contribution in [2.45, 2.75) is 37.1 Å². The number of aliphatic hydroxyl groups is 3. The Morgan fingerprint density at radius 3 is 2.26 bits per heavy atom. The predicted molar refractivity (Wildman–Crippen MR) is 105 cm³/mol. The van der Waals surface area contributed by atoms with Crippen LogP contribution < -0.4 is 5.73 Å². The summed E-state index contributed by atoms with van der Waals surface area (Å²) in [6.07, 6.45) is -9.79. The van der Waals surface area contributed by atoms with Gasteiger partial charge in [0.2, 0.25) is 6.29 Å². The number of carboxylic acids is 1. The highest BCUT2D eigenvalue weighted by atomic mass is 16.7. The van der Waals surface area contributed by atoms with Crippen molar-refractivity contribution in [2.24, 2.45) is 0 Å². The number of benzene rings is 2. The van der Waals surface area contributed by atoms with E-state index in [0.717, 1.165) is 0 Å². The van der Waals surface area contributed by atoms with Gasteiger partial charge < -0.3 is 35.6 Å². The van der Waals surface area contributed by atoms with Gasteiger partial charge in [0.05, 0.1) is 6.42 Å². The zero-order valence-electron chi connectivity index (χ0n) is 16.1. The topological polar surface area (TPSA) is 177 Å². The molecule has 0 saturated carbocycles. The van der Waals surface area contributed by atoms with Gasteiger partial charge in [0.15, 0.2) is 11.9 Å². The van der Waals surface area contributed by atoms with Gasteiger partial charge in [-0.05, 0) is 11.6 Å². The summed E-state index contributed by atoms with van der Waals surface area (Å²) in [4.78, 5) is 36.2. The maximum atomic E-state index is 12.7. The number of anilines is 1. The van der Waals surface area contributed by atoms with Gasteiger partial charge in [0, 0.05) is 16.8 Å². The molecule has 164 valence electrons. The van der Waals surface area contributed by atoms with Gasteiger partial charge in [-0.2, -0.15) is 0 Å². The zero-order chi connectivity index (χ0) is 22.7. The summed E-state index contributed by atoms with van der Waals surface area (Å²) in [5, 5.41) is 38.5. The van der Waals surface area contributed by atoms with Gasteiger partial charge in [-0.3, -0.25) is 9.59 Å². The number of rotatable bonds is 6. The van der Waals surface area contributed by atoms with E-state index in [4.69, 9.17) is 20.3 Å². The first-order valence-corrected chi connectivity index (χ1v) is 9.29. The van der Waals surface area contributed by atoms with Crippen LogP contribution in [-0.4, -0.2) is 68.9 Å². The van der Waals surface area contributed by atoms with E-state index in [1.165, 1.54) is 12.1 Å². The molecule has 0 aromatic heterocycles. The van der Waals surface area contributed by atoms with Gasteiger partial charge in [0.1, 0.15) is 18.3 Å². The van der Waals surface area contributed by atoms with Crippen LogP contribution in [0.3, 0.4) is 0 Å².